The molecule has 0 aliphatic carbocycles. The van der Waals surface area contributed by atoms with Crippen LogP contribution in [-0.4, -0.2) is 11.2 Å². The largest absolute Gasteiger partial charge is 0.286 e. The fourth-order valence-electron chi connectivity index (χ4n) is 0.267. The monoisotopic (exact) mass is 147 g/mol. The van der Waals surface area contributed by atoms with Crippen molar-refractivity contribution in [3.05, 3.63) is 0 Å². The molecule has 0 aromatic heterocycles. The fraction of sp³-hybridized carbons (Fsp3) is 0.833. The molecule has 3 heteroatoms. The third kappa shape index (κ3) is 5.86. The van der Waals surface area contributed by atoms with E-state index in [1.54, 1.807) is 6.92 Å². The first-order valence-corrected chi connectivity index (χ1v) is 3.91. The maximum absolute atomic E-state index is 10.4. The van der Waals surface area contributed by atoms with Crippen LogP contribution in [-0.2, 0) is 4.79 Å². The van der Waals surface area contributed by atoms with Gasteiger partial charge in [0.1, 0.15) is 0 Å². The molecule has 0 aliphatic heterocycles. The van der Waals surface area contributed by atoms with Gasteiger partial charge in [-0.3, -0.25) is 9.52 Å². The van der Waals surface area contributed by atoms with Gasteiger partial charge >= 0.3 is 0 Å². The highest BCUT2D eigenvalue weighted by Crippen LogP contribution is 1.98. The van der Waals surface area contributed by atoms with E-state index in [9.17, 15) is 4.79 Å². The molecule has 9 heavy (non-hydrogen) atoms. The van der Waals surface area contributed by atoms with Crippen molar-refractivity contribution in [3.63, 3.8) is 0 Å². The van der Waals surface area contributed by atoms with Gasteiger partial charge in [-0.1, -0.05) is 6.92 Å². The molecule has 0 aliphatic rings. The van der Waals surface area contributed by atoms with Gasteiger partial charge in [0.2, 0.25) is 5.12 Å². The van der Waals surface area contributed by atoms with Crippen LogP contribution in [0.1, 0.15) is 27.2 Å². The Morgan fingerprint density at radius 2 is 2.33 bits per heavy atom. The summed E-state index contributed by atoms with van der Waals surface area (Å²) in [5, 5.41) is 0.121. The zero-order chi connectivity index (χ0) is 7.28. The molecule has 0 spiro atoms. The number of carbonyl (C=O) groups excluding carboxylic acids is 1. The Bertz CT molecular complexity index is 95.1. The maximum atomic E-state index is 10.4. The molecule has 0 fully saturated rings. The van der Waals surface area contributed by atoms with E-state index in [1.807, 2.05) is 0 Å². The van der Waals surface area contributed by atoms with Crippen LogP contribution in [0.4, 0.5) is 0 Å². The Labute approximate surface area is 60.5 Å². The van der Waals surface area contributed by atoms with Gasteiger partial charge in [-0.05, 0) is 25.3 Å². The lowest BCUT2D eigenvalue weighted by Crippen LogP contribution is -2.18. The Morgan fingerprint density at radius 3 is 2.67 bits per heavy atom. The van der Waals surface area contributed by atoms with Gasteiger partial charge in [-0.25, -0.2) is 0 Å². The highest BCUT2D eigenvalue weighted by atomic mass is 32.2. The van der Waals surface area contributed by atoms with Crippen LogP contribution >= 0.6 is 11.9 Å². The van der Waals surface area contributed by atoms with Crippen molar-refractivity contribution in [2.45, 2.75) is 33.2 Å². The van der Waals surface area contributed by atoms with Gasteiger partial charge < -0.3 is 0 Å². The average molecular weight is 147 g/mol. The summed E-state index contributed by atoms with van der Waals surface area (Å²) in [6.45, 7) is 5.69. The molecule has 0 amide bonds. The Morgan fingerprint density at radius 1 is 1.78 bits per heavy atom. The third-order valence-corrected chi connectivity index (χ3v) is 1.82. The Hall–Kier alpha value is -0.0200. The number of carbonyl (C=O) groups is 1. The van der Waals surface area contributed by atoms with Gasteiger partial charge in [-0.15, -0.1) is 0 Å². The Kier molecular flexibility index (Phi) is 4.81. The van der Waals surface area contributed by atoms with Crippen molar-refractivity contribution in [2.24, 2.45) is 0 Å². The minimum Gasteiger partial charge on any atom is -0.286 e. The van der Waals surface area contributed by atoms with E-state index in [1.165, 1.54) is 11.9 Å². The first kappa shape index (κ1) is 8.98. The summed E-state index contributed by atoms with van der Waals surface area (Å²) in [5.74, 6) is 0. The van der Waals surface area contributed by atoms with Crippen molar-refractivity contribution < 1.29 is 4.79 Å². The first-order valence-electron chi connectivity index (χ1n) is 3.09. The van der Waals surface area contributed by atoms with E-state index in [0.29, 0.717) is 6.04 Å². The number of hydrogen-bond donors (Lipinski definition) is 1. The standard InChI is InChI=1S/C6H13NOS/c1-4-5(2)7-9-6(3)8/h5,7H,4H2,1-3H3. The zero-order valence-corrected chi connectivity index (χ0v) is 6.92. The van der Waals surface area contributed by atoms with Crippen molar-refractivity contribution in [1.29, 1.82) is 0 Å². The van der Waals surface area contributed by atoms with Crippen LogP contribution in [0.2, 0.25) is 0 Å². The molecule has 1 atom stereocenters. The van der Waals surface area contributed by atoms with Gasteiger partial charge in [0.05, 0.1) is 0 Å². The maximum Gasteiger partial charge on any atom is 0.200 e. The predicted octanol–water partition coefficient (Wildman–Crippen LogP) is 1.57. The molecule has 2 nitrogen and oxygen atoms in total. The van der Waals surface area contributed by atoms with Crippen molar-refractivity contribution in [1.82, 2.24) is 4.72 Å². The molecule has 0 radical (unpaired) electrons. The summed E-state index contributed by atoms with van der Waals surface area (Å²) in [6, 6.07) is 0.430. The zero-order valence-electron chi connectivity index (χ0n) is 6.10. The second-order valence-electron chi connectivity index (χ2n) is 2.02. The topological polar surface area (TPSA) is 29.1 Å². The summed E-state index contributed by atoms with van der Waals surface area (Å²) in [6.07, 6.45) is 1.06. The molecule has 0 bridgehead atoms. The van der Waals surface area contributed by atoms with Gasteiger partial charge in [0, 0.05) is 13.0 Å². The lowest BCUT2D eigenvalue weighted by molar-refractivity contribution is -0.109. The Balaban J connectivity index is 3.16. The molecule has 1 N–H and O–H groups in total. The summed E-state index contributed by atoms with van der Waals surface area (Å²) in [7, 11) is 0. The molecular formula is C6H13NOS. The van der Waals surface area contributed by atoms with Crippen LogP contribution in [0.25, 0.3) is 0 Å². The smallest absolute Gasteiger partial charge is 0.200 e. The van der Waals surface area contributed by atoms with E-state index in [4.69, 9.17) is 0 Å². The molecular weight excluding hydrogens is 134 g/mol. The fourth-order valence-corrected chi connectivity index (χ4v) is 0.801. The van der Waals surface area contributed by atoms with Crippen LogP contribution in [0.3, 0.4) is 0 Å². The van der Waals surface area contributed by atoms with E-state index in [2.05, 4.69) is 18.6 Å². The normalized spacial score (nSPS) is 13.2. The SMILES string of the molecule is CCC(C)NSC(C)=O. The quantitative estimate of drug-likeness (QED) is 0.614. The summed E-state index contributed by atoms with van der Waals surface area (Å²) >= 11 is 1.18. The van der Waals surface area contributed by atoms with Gasteiger partial charge in [0.15, 0.2) is 0 Å². The molecule has 0 saturated carbocycles. The molecule has 0 rings (SSSR count). The van der Waals surface area contributed by atoms with Crippen LogP contribution in [0, 0.1) is 0 Å². The molecule has 1 unspecified atom stereocenters. The molecule has 0 saturated heterocycles. The minimum atomic E-state index is 0.121. The lowest BCUT2D eigenvalue weighted by Gasteiger charge is -2.06. The molecule has 0 aromatic carbocycles. The van der Waals surface area contributed by atoms with E-state index >= 15 is 0 Å². The van der Waals surface area contributed by atoms with Gasteiger partial charge in [-0.2, -0.15) is 0 Å². The van der Waals surface area contributed by atoms with Crippen molar-refractivity contribution in [3.8, 4) is 0 Å². The second-order valence-corrected chi connectivity index (χ2v) is 3.04. The number of hydrogen-bond acceptors (Lipinski definition) is 3. The molecule has 54 valence electrons. The minimum absolute atomic E-state index is 0.121. The van der Waals surface area contributed by atoms with Crippen LogP contribution < -0.4 is 4.72 Å². The molecule has 0 aromatic rings. The van der Waals surface area contributed by atoms with E-state index < -0.39 is 0 Å². The highest BCUT2D eigenvalue weighted by Gasteiger charge is 1.98. The highest BCUT2D eigenvalue weighted by molar-refractivity contribution is 8.11. The second kappa shape index (κ2) is 4.82. The first-order chi connectivity index (χ1) is 4.16. The summed E-state index contributed by atoms with van der Waals surface area (Å²) in [5.41, 5.74) is 0. The lowest BCUT2D eigenvalue weighted by atomic mass is 10.3. The van der Waals surface area contributed by atoms with E-state index in [-0.39, 0.29) is 5.12 Å². The molecule has 0 heterocycles. The predicted molar refractivity (Wildman–Crippen MR) is 41.2 cm³/mol. The van der Waals surface area contributed by atoms with E-state index in [0.717, 1.165) is 6.42 Å². The average Bonchev–Trinajstić information content (AvgIpc) is 1.83. The van der Waals surface area contributed by atoms with Crippen LogP contribution in [0.15, 0.2) is 0 Å². The summed E-state index contributed by atoms with van der Waals surface area (Å²) < 4.78 is 3.00. The van der Waals surface area contributed by atoms with Crippen molar-refractivity contribution >= 4 is 17.1 Å². The number of rotatable bonds is 3. The summed E-state index contributed by atoms with van der Waals surface area (Å²) in [4.78, 5) is 10.4. The van der Waals surface area contributed by atoms with Gasteiger partial charge in [0.25, 0.3) is 0 Å². The number of nitrogens with one attached hydrogen (secondary N) is 1. The van der Waals surface area contributed by atoms with Crippen molar-refractivity contribution in [2.75, 3.05) is 0 Å². The third-order valence-electron chi connectivity index (χ3n) is 1.02. The van der Waals surface area contributed by atoms with Crippen LogP contribution in [0.5, 0.6) is 0 Å².